The fourth-order valence-electron chi connectivity index (χ4n) is 6.12. The summed E-state index contributed by atoms with van der Waals surface area (Å²) in [7, 11) is -2.05. The maximum atomic E-state index is 13.7. The molecule has 2 aliphatic rings. The summed E-state index contributed by atoms with van der Waals surface area (Å²) in [5.41, 5.74) is -4.99. The first kappa shape index (κ1) is 30.0. The second-order valence-electron chi connectivity index (χ2n) is 11.5. The highest BCUT2D eigenvalue weighted by atomic mass is 32.2. The zero-order valence-electron chi connectivity index (χ0n) is 23.9. The number of thioether (sulfide) groups is 1. The summed E-state index contributed by atoms with van der Waals surface area (Å²) in [6, 6.07) is 28.7. The zero-order chi connectivity index (χ0) is 30.2. The minimum absolute atomic E-state index is 0.212. The average Bonchev–Trinajstić information content (AvgIpc) is 3.43. The second kappa shape index (κ2) is 11.3. The fourth-order valence-corrected chi connectivity index (χ4v) is 12.0. The van der Waals surface area contributed by atoms with Crippen molar-refractivity contribution in [2.24, 2.45) is 0 Å². The molecule has 10 heteroatoms. The number of esters is 3. The quantitative estimate of drug-likeness (QED) is 0.235. The Hall–Kier alpha value is -3.44. The van der Waals surface area contributed by atoms with E-state index in [0.717, 1.165) is 34.1 Å². The molecule has 0 aromatic heterocycles. The van der Waals surface area contributed by atoms with Crippen molar-refractivity contribution in [3.8, 4) is 0 Å². The molecule has 2 saturated heterocycles. The van der Waals surface area contributed by atoms with Crippen LogP contribution in [0.4, 0.5) is 0 Å². The van der Waals surface area contributed by atoms with Gasteiger partial charge in [-0.05, 0) is 27.5 Å². The number of aliphatic hydroxyl groups is 1. The lowest BCUT2D eigenvalue weighted by Gasteiger charge is -2.44. The lowest BCUT2D eigenvalue weighted by molar-refractivity contribution is -0.198. The van der Waals surface area contributed by atoms with Gasteiger partial charge in [-0.1, -0.05) is 99.6 Å². The molecule has 8 nitrogen and oxygen atoms in total. The van der Waals surface area contributed by atoms with E-state index in [-0.39, 0.29) is 13.0 Å². The molecule has 42 heavy (non-hydrogen) atoms. The summed E-state index contributed by atoms with van der Waals surface area (Å²) in [5.74, 6) is -2.88. The summed E-state index contributed by atoms with van der Waals surface area (Å²) in [5, 5.41) is 12.8. The molecule has 2 heterocycles. The van der Waals surface area contributed by atoms with E-state index in [1.807, 2.05) is 91.0 Å². The Labute approximate surface area is 250 Å². The van der Waals surface area contributed by atoms with Crippen LogP contribution >= 0.6 is 11.8 Å². The zero-order valence-corrected chi connectivity index (χ0v) is 25.8. The summed E-state index contributed by atoms with van der Waals surface area (Å²) in [6.07, 6.45) is -1.72. The predicted octanol–water partition coefficient (Wildman–Crippen LogP) is 3.24. The van der Waals surface area contributed by atoms with Crippen molar-refractivity contribution in [3.05, 3.63) is 91.0 Å². The first-order chi connectivity index (χ1) is 20.0. The predicted molar refractivity (Wildman–Crippen MR) is 160 cm³/mol. The number of hydrogen-bond acceptors (Lipinski definition) is 9. The second-order valence-corrected chi connectivity index (χ2v) is 17.0. The van der Waals surface area contributed by atoms with Gasteiger partial charge in [-0.3, -0.25) is 4.79 Å². The molecule has 0 aliphatic carbocycles. The van der Waals surface area contributed by atoms with Gasteiger partial charge in [0.25, 0.3) is 19.5 Å². The molecular weight excluding hydrogens is 572 g/mol. The first-order valence-corrected chi connectivity index (χ1v) is 16.5. The van der Waals surface area contributed by atoms with E-state index >= 15 is 0 Å². The minimum atomic E-state index is -3.16. The number of rotatable bonds is 8. The maximum absolute atomic E-state index is 13.7. The molecule has 0 unspecified atom stereocenters. The van der Waals surface area contributed by atoms with E-state index in [1.54, 1.807) is 0 Å². The molecule has 1 N–H and O–H groups in total. The van der Waals surface area contributed by atoms with E-state index in [0.29, 0.717) is 0 Å². The third kappa shape index (κ3) is 4.66. The maximum Gasteiger partial charge on any atom is 0.356 e. The van der Waals surface area contributed by atoms with Gasteiger partial charge < -0.3 is 23.7 Å². The van der Waals surface area contributed by atoms with Crippen LogP contribution in [0.2, 0.25) is 5.04 Å². The van der Waals surface area contributed by atoms with E-state index in [2.05, 4.69) is 20.8 Å². The van der Waals surface area contributed by atoms with Gasteiger partial charge in [-0.15, -0.1) is 11.8 Å². The third-order valence-corrected chi connectivity index (χ3v) is 14.4. The largest absolute Gasteiger partial charge is 0.467 e. The summed E-state index contributed by atoms with van der Waals surface area (Å²) >= 11 is 1.16. The molecule has 220 valence electrons. The smallest absolute Gasteiger partial charge is 0.356 e. The molecule has 4 atom stereocenters. The molecule has 0 bridgehead atoms. The normalized spacial score (nSPS) is 25.7. The Balaban J connectivity index is 1.59. The Bertz CT molecular complexity index is 1410. The van der Waals surface area contributed by atoms with Crippen molar-refractivity contribution in [2.75, 3.05) is 13.7 Å². The Morgan fingerprint density at radius 1 is 0.952 bits per heavy atom. The standard InChI is InChI=1S/C32H34O8SSi/c1-30(2,3)42(23-16-10-6-11-17-23,24-18-12-7-13-19-24)38-21-25-31(36,28(34)37-4)32(29(35)39-25)26(20-27(33)40-32)41-22-14-8-5-9-15-22/h5-19,25-26,36H,20-21H2,1-4H3/t25-,26-,31-,32+/m1/s1. The Morgan fingerprint density at radius 2 is 1.48 bits per heavy atom. The highest BCUT2D eigenvalue weighted by molar-refractivity contribution is 8.00. The summed E-state index contributed by atoms with van der Waals surface area (Å²) in [4.78, 5) is 40.7. The van der Waals surface area contributed by atoms with Gasteiger partial charge >= 0.3 is 17.9 Å². The van der Waals surface area contributed by atoms with Crippen LogP contribution in [0.5, 0.6) is 0 Å². The molecule has 5 rings (SSSR count). The SMILES string of the molecule is COC(=O)[C@]1(O)[C@@H](CO[Si](c2ccccc2)(c2ccccc2)C(C)(C)C)OC(=O)[C@]12OC(=O)C[C@H]2Sc1ccccc1. The summed E-state index contributed by atoms with van der Waals surface area (Å²) in [6.45, 7) is 5.91. The number of carbonyl (C=O) groups excluding carboxylic acids is 3. The van der Waals surface area contributed by atoms with Crippen LogP contribution in [0.25, 0.3) is 0 Å². The van der Waals surface area contributed by atoms with Crippen molar-refractivity contribution in [1.82, 2.24) is 0 Å². The number of ether oxygens (including phenoxy) is 3. The van der Waals surface area contributed by atoms with Crippen molar-refractivity contribution in [3.63, 3.8) is 0 Å². The minimum Gasteiger partial charge on any atom is -0.467 e. The average molecular weight is 607 g/mol. The summed E-state index contributed by atoms with van der Waals surface area (Å²) < 4.78 is 23.3. The molecule has 1 spiro atoms. The van der Waals surface area contributed by atoms with Gasteiger partial charge in [0.05, 0.1) is 25.4 Å². The fraction of sp³-hybridized carbons (Fsp3) is 0.344. The van der Waals surface area contributed by atoms with E-state index in [4.69, 9.17) is 18.6 Å². The van der Waals surface area contributed by atoms with Gasteiger partial charge in [0.1, 0.15) is 0 Å². The number of benzene rings is 3. The lowest BCUT2D eigenvalue weighted by atomic mass is 9.78. The molecule has 2 fully saturated rings. The molecule has 3 aromatic rings. The van der Waals surface area contributed by atoms with Crippen LogP contribution in [0.15, 0.2) is 95.9 Å². The van der Waals surface area contributed by atoms with Crippen LogP contribution in [-0.2, 0) is 33.0 Å². The van der Waals surface area contributed by atoms with Crippen molar-refractivity contribution >= 4 is 48.4 Å². The number of cyclic esters (lactones) is 1. The van der Waals surface area contributed by atoms with Gasteiger partial charge in [-0.25, -0.2) is 9.59 Å². The van der Waals surface area contributed by atoms with Crippen molar-refractivity contribution in [1.29, 1.82) is 0 Å². The van der Waals surface area contributed by atoms with Gasteiger partial charge in [0.2, 0.25) is 0 Å². The third-order valence-electron chi connectivity index (χ3n) is 8.05. The number of hydrogen-bond donors (Lipinski definition) is 1. The Morgan fingerprint density at radius 3 is 1.98 bits per heavy atom. The molecule has 0 amide bonds. The topological polar surface area (TPSA) is 108 Å². The highest BCUT2D eigenvalue weighted by Gasteiger charge is 2.80. The van der Waals surface area contributed by atoms with E-state index in [9.17, 15) is 19.5 Å². The van der Waals surface area contributed by atoms with E-state index < -0.39 is 53.8 Å². The molecular formula is C32H34O8SSi. The van der Waals surface area contributed by atoms with Gasteiger partial charge in [0, 0.05) is 4.90 Å². The lowest BCUT2D eigenvalue weighted by Crippen LogP contribution is -2.70. The highest BCUT2D eigenvalue weighted by Crippen LogP contribution is 2.52. The first-order valence-electron chi connectivity index (χ1n) is 13.7. The number of carbonyl (C=O) groups is 3. The monoisotopic (exact) mass is 606 g/mol. The van der Waals surface area contributed by atoms with Crippen LogP contribution in [0.1, 0.15) is 27.2 Å². The van der Waals surface area contributed by atoms with Crippen molar-refractivity contribution in [2.45, 2.75) is 59.7 Å². The van der Waals surface area contributed by atoms with E-state index in [1.165, 1.54) is 0 Å². The van der Waals surface area contributed by atoms with Crippen LogP contribution in [0, 0.1) is 0 Å². The van der Waals surface area contributed by atoms with Crippen LogP contribution in [0.3, 0.4) is 0 Å². The molecule has 2 aliphatic heterocycles. The molecule has 0 saturated carbocycles. The van der Waals surface area contributed by atoms with Crippen LogP contribution < -0.4 is 10.4 Å². The van der Waals surface area contributed by atoms with Crippen LogP contribution in [-0.4, -0.2) is 67.6 Å². The van der Waals surface area contributed by atoms with Gasteiger partial charge in [0.15, 0.2) is 6.10 Å². The van der Waals surface area contributed by atoms with Crippen molar-refractivity contribution < 1.29 is 38.1 Å². The molecule has 0 radical (unpaired) electrons. The molecule has 3 aromatic carbocycles. The van der Waals surface area contributed by atoms with Gasteiger partial charge in [-0.2, -0.15) is 0 Å². The number of methoxy groups -OCH3 is 1. The Kier molecular flexibility index (Phi) is 8.10.